The Balaban J connectivity index is 2.41. The molecule has 0 aliphatic heterocycles. The molecule has 0 radical (unpaired) electrons. The maximum atomic E-state index is 14.2. The van der Waals surface area contributed by atoms with Crippen LogP contribution in [-0.4, -0.2) is 16.1 Å². The highest BCUT2D eigenvalue weighted by Gasteiger charge is 2.17. The van der Waals surface area contributed by atoms with Gasteiger partial charge < -0.3 is 5.11 Å². The summed E-state index contributed by atoms with van der Waals surface area (Å²) < 4.78 is 27.5. The highest BCUT2D eigenvalue weighted by Crippen LogP contribution is 2.36. The topological polar surface area (TPSA) is 50.2 Å². The fourth-order valence-electron chi connectivity index (χ4n) is 2.57. The first-order chi connectivity index (χ1) is 10.9. The lowest BCUT2D eigenvalue weighted by Crippen LogP contribution is -1.99. The second kappa shape index (κ2) is 5.59. The predicted octanol–water partition coefficient (Wildman–Crippen LogP) is 4.84. The lowest BCUT2D eigenvalue weighted by atomic mass is 9.97. The van der Waals surface area contributed by atoms with E-state index in [1.54, 1.807) is 6.92 Å². The van der Waals surface area contributed by atoms with Crippen LogP contribution in [0.15, 0.2) is 36.5 Å². The van der Waals surface area contributed by atoms with Gasteiger partial charge in [0.1, 0.15) is 11.6 Å². The SMILES string of the molecule is Cc1cc(C(=O)O)cc2c(-c3c(F)cc(F)cc3Cl)ccnc12. The number of hydrogen-bond donors (Lipinski definition) is 1. The summed E-state index contributed by atoms with van der Waals surface area (Å²) in [7, 11) is 0. The van der Waals surface area contributed by atoms with Crippen molar-refractivity contribution in [2.45, 2.75) is 6.92 Å². The van der Waals surface area contributed by atoms with Gasteiger partial charge in [-0.1, -0.05) is 11.6 Å². The molecule has 0 bridgehead atoms. The third-order valence-corrected chi connectivity index (χ3v) is 3.86. The number of fused-ring (bicyclic) bond motifs is 1. The molecule has 1 N–H and O–H groups in total. The monoisotopic (exact) mass is 333 g/mol. The van der Waals surface area contributed by atoms with Crippen molar-refractivity contribution >= 4 is 28.5 Å². The van der Waals surface area contributed by atoms with E-state index in [2.05, 4.69) is 4.98 Å². The van der Waals surface area contributed by atoms with E-state index < -0.39 is 17.6 Å². The normalized spacial score (nSPS) is 11.0. The van der Waals surface area contributed by atoms with E-state index in [9.17, 15) is 18.7 Å². The molecule has 1 aromatic heterocycles. The summed E-state index contributed by atoms with van der Waals surface area (Å²) in [5.74, 6) is -2.70. The molecule has 23 heavy (non-hydrogen) atoms. The third-order valence-electron chi connectivity index (χ3n) is 3.56. The van der Waals surface area contributed by atoms with Crippen LogP contribution in [-0.2, 0) is 0 Å². The summed E-state index contributed by atoms with van der Waals surface area (Å²) in [5, 5.41) is 9.56. The average Bonchev–Trinajstić information content (AvgIpc) is 2.46. The molecule has 3 nitrogen and oxygen atoms in total. The molecule has 0 fully saturated rings. The largest absolute Gasteiger partial charge is 0.478 e. The van der Waals surface area contributed by atoms with E-state index in [4.69, 9.17) is 11.6 Å². The molecule has 0 amide bonds. The second-order valence-corrected chi connectivity index (χ2v) is 5.50. The Hall–Kier alpha value is -2.53. The van der Waals surface area contributed by atoms with Crippen molar-refractivity contribution in [1.82, 2.24) is 4.98 Å². The Kier molecular flexibility index (Phi) is 3.74. The van der Waals surface area contributed by atoms with E-state index in [0.717, 1.165) is 12.1 Å². The second-order valence-electron chi connectivity index (χ2n) is 5.10. The Morgan fingerprint density at radius 1 is 1.22 bits per heavy atom. The molecule has 3 rings (SSSR count). The van der Waals surface area contributed by atoms with Gasteiger partial charge in [-0.3, -0.25) is 4.98 Å². The summed E-state index contributed by atoms with van der Waals surface area (Å²) in [5.41, 5.74) is 1.61. The van der Waals surface area contributed by atoms with Gasteiger partial charge in [-0.2, -0.15) is 0 Å². The first-order valence-electron chi connectivity index (χ1n) is 6.66. The highest BCUT2D eigenvalue weighted by molar-refractivity contribution is 6.33. The van der Waals surface area contributed by atoms with Gasteiger partial charge in [-0.15, -0.1) is 0 Å². The Morgan fingerprint density at radius 3 is 2.61 bits per heavy atom. The van der Waals surface area contributed by atoms with Crippen molar-refractivity contribution in [1.29, 1.82) is 0 Å². The van der Waals surface area contributed by atoms with Gasteiger partial charge >= 0.3 is 5.97 Å². The zero-order chi connectivity index (χ0) is 16.7. The minimum atomic E-state index is -1.10. The molecule has 0 spiro atoms. The maximum absolute atomic E-state index is 14.2. The summed E-state index contributed by atoms with van der Waals surface area (Å²) in [6, 6.07) is 6.17. The maximum Gasteiger partial charge on any atom is 0.335 e. The standard InChI is InChI=1S/C17H10ClF2NO2/c1-8-4-9(17(22)23)5-12-11(2-3-21-16(8)12)15-13(18)6-10(19)7-14(15)20/h2-7H,1H3,(H,22,23). The molecule has 0 aliphatic carbocycles. The van der Waals surface area contributed by atoms with E-state index >= 15 is 0 Å². The fourth-order valence-corrected chi connectivity index (χ4v) is 2.87. The summed E-state index contributed by atoms with van der Waals surface area (Å²) in [6.45, 7) is 1.72. The van der Waals surface area contributed by atoms with Gasteiger partial charge in [-0.25, -0.2) is 13.6 Å². The molecule has 0 unspecified atom stereocenters. The quantitative estimate of drug-likeness (QED) is 0.730. The summed E-state index contributed by atoms with van der Waals surface area (Å²) in [6.07, 6.45) is 1.48. The van der Waals surface area contributed by atoms with Crippen LogP contribution in [0, 0.1) is 18.6 Å². The number of nitrogens with zero attached hydrogens (tertiary/aromatic N) is 1. The number of aromatic nitrogens is 1. The van der Waals surface area contributed by atoms with Gasteiger partial charge in [0.25, 0.3) is 0 Å². The lowest BCUT2D eigenvalue weighted by Gasteiger charge is -2.12. The zero-order valence-corrected chi connectivity index (χ0v) is 12.7. The number of halogens is 3. The van der Waals surface area contributed by atoms with Crippen LogP contribution < -0.4 is 0 Å². The molecule has 0 atom stereocenters. The molecule has 0 saturated heterocycles. The van der Waals surface area contributed by atoms with Crippen LogP contribution in [0.1, 0.15) is 15.9 Å². The highest BCUT2D eigenvalue weighted by atomic mass is 35.5. The average molecular weight is 334 g/mol. The van der Waals surface area contributed by atoms with Crippen LogP contribution in [0.5, 0.6) is 0 Å². The first-order valence-corrected chi connectivity index (χ1v) is 7.04. The molecular formula is C17H10ClF2NO2. The lowest BCUT2D eigenvalue weighted by molar-refractivity contribution is 0.0697. The number of aryl methyl sites for hydroxylation is 1. The van der Waals surface area contributed by atoms with Crippen LogP contribution >= 0.6 is 11.6 Å². The van der Waals surface area contributed by atoms with E-state index in [0.29, 0.717) is 22.0 Å². The van der Waals surface area contributed by atoms with Crippen molar-refractivity contribution in [2.24, 2.45) is 0 Å². The minimum Gasteiger partial charge on any atom is -0.478 e. The van der Waals surface area contributed by atoms with Crippen LogP contribution in [0.2, 0.25) is 5.02 Å². The number of carbonyl (C=O) groups is 1. The van der Waals surface area contributed by atoms with Crippen LogP contribution in [0.3, 0.4) is 0 Å². The van der Waals surface area contributed by atoms with Crippen LogP contribution in [0.4, 0.5) is 8.78 Å². The van der Waals surface area contributed by atoms with Crippen LogP contribution in [0.25, 0.3) is 22.0 Å². The van der Waals surface area contributed by atoms with Gasteiger partial charge in [0.15, 0.2) is 0 Å². The van der Waals surface area contributed by atoms with Gasteiger partial charge in [-0.05, 0) is 42.3 Å². The molecular weight excluding hydrogens is 324 g/mol. The van der Waals surface area contributed by atoms with Gasteiger partial charge in [0, 0.05) is 23.2 Å². The summed E-state index contributed by atoms with van der Waals surface area (Å²) >= 11 is 6.00. The number of rotatable bonds is 2. The van der Waals surface area contributed by atoms with E-state index in [1.807, 2.05) is 0 Å². The zero-order valence-electron chi connectivity index (χ0n) is 11.9. The molecule has 116 valence electrons. The predicted molar refractivity (Wildman–Crippen MR) is 83.8 cm³/mol. The number of aromatic carboxylic acids is 1. The van der Waals surface area contributed by atoms with Gasteiger partial charge in [0.05, 0.1) is 16.1 Å². The number of carboxylic acids is 1. The van der Waals surface area contributed by atoms with E-state index in [1.165, 1.54) is 24.4 Å². The number of benzene rings is 2. The number of pyridine rings is 1. The minimum absolute atomic E-state index is 0.0161. The van der Waals surface area contributed by atoms with Crippen molar-refractivity contribution in [3.8, 4) is 11.1 Å². The van der Waals surface area contributed by atoms with Crippen molar-refractivity contribution in [3.05, 3.63) is 64.3 Å². The Labute approximate surface area is 135 Å². The molecule has 1 heterocycles. The Bertz CT molecular complexity index is 934. The van der Waals surface area contributed by atoms with E-state index in [-0.39, 0.29) is 16.1 Å². The molecule has 3 aromatic rings. The molecule has 0 saturated carbocycles. The molecule has 0 aliphatic rings. The fraction of sp³-hybridized carbons (Fsp3) is 0.0588. The van der Waals surface area contributed by atoms with Crippen molar-refractivity contribution < 1.29 is 18.7 Å². The van der Waals surface area contributed by atoms with Crippen molar-refractivity contribution in [3.63, 3.8) is 0 Å². The number of carboxylic acid groups (broad SMARTS) is 1. The summed E-state index contributed by atoms with van der Waals surface area (Å²) in [4.78, 5) is 15.5. The first kappa shape index (κ1) is 15.4. The Morgan fingerprint density at radius 2 is 1.96 bits per heavy atom. The smallest absolute Gasteiger partial charge is 0.335 e. The van der Waals surface area contributed by atoms with Gasteiger partial charge in [0.2, 0.25) is 0 Å². The number of hydrogen-bond acceptors (Lipinski definition) is 2. The molecule has 6 heteroatoms. The third kappa shape index (κ3) is 2.64. The molecule has 2 aromatic carbocycles. The van der Waals surface area contributed by atoms with Crippen molar-refractivity contribution in [2.75, 3.05) is 0 Å².